The van der Waals surface area contributed by atoms with E-state index in [0.29, 0.717) is 5.56 Å². The van der Waals surface area contributed by atoms with Gasteiger partial charge in [-0.1, -0.05) is 65.0 Å². The molecule has 0 fully saturated rings. The molecule has 0 unspecified atom stereocenters. The van der Waals surface area contributed by atoms with Crippen molar-refractivity contribution >= 4 is 17.9 Å². The summed E-state index contributed by atoms with van der Waals surface area (Å²) in [5.41, 5.74) is 2.42. The molecule has 0 aliphatic heterocycles. The number of benzene rings is 2. The zero-order valence-electron chi connectivity index (χ0n) is 15.5. The van der Waals surface area contributed by atoms with E-state index < -0.39 is 5.91 Å². The SMILES string of the molecule is CNC(=O)c1nnn(/N=C/c2ccc(C)cc2)c1OCC(=O)c1ccccc1. The molecule has 0 atom stereocenters. The Morgan fingerprint density at radius 1 is 1.14 bits per heavy atom. The number of nitrogens with zero attached hydrogens (tertiary/aromatic N) is 4. The van der Waals surface area contributed by atoms with Gasteiger partial charge in [-0.2, -0.15) is 5.10 Å². The predicted molar refractivity (Wildman–Crippen MR) is 104 cm³/mol. The summed E-state index contributed by atoms with van der Waals surface area (Å²) in [5.74, 6) is -0.732. The van der Waals surface area contributed by atoms with Crippen LogP contribution in [0.1, 0.15) is 32.0 Å². The van der Waals surface area contributed by atoms with Crippen molar-refractivity contribution in [3.63, 3.8) is 0 Å². The number of ether oxygens (including phenoxy) is 1. The molecule has 2 aromatic carbocycles. The number of aryl methyl sites for hydroxylation is 1. The minimum atomic E-state index is -0.487. The molecule has 1 heterocycles. The Labute approximate surface area is 161 Å². The second-order valence-corrected chi connectivity index (χ2v) is 5.94. The number of Topliss-reactive ketones (excluding diaryl/α,β-unsaturated/α-hetero) is 1. The Morgan fingerprint density at radius 3 is 2.54 bits per heavy atom. The first-order valence-corrected chi connectivity index (χ1v) is 8.58. The summed E-state index contributed by atoms with van der Waals surface area (Å²) in [6, 6.07) is 16.4. The van der Waals surface area contributed by atoms with Gasteiger partial charge in [0, 0.05) is 12.6 Å². The normalized spacial score (nSPS) is 10.8. The number of hydrogen-bond donors (Lipinski definition) is 1. The van der Waals surface area contributed by atoms with Crippen LogP contribution in [0.2, 0.25) is 0 Å². The Bertz CT molecular complexity index is 994. The van der Waals surface area contributed by atoms with Gasteiger partial charge >= 0.3 is 0 Å². The summed E-state index contributed by atoms with van der Waals surface area (Å²) in [6.07, 6.45) is 1.56. The van der Waals surface area contributed by atoms with Crippen LogP contribution in [-0.4, -0.2) is 46.7 Å². The third-order valence-corrected chi connectivity index (χ3v) is 3.89. The summed E-state index contributed by atoms with van der Waals surface area (Å²) in [6.45, 7) is 1.71. The van der Waals surface area contributed by atoms with Crippen LogP contribution in [0.15, 0.2) is 59.7 Å². The summed E-state index contributed by atoms with van der Waals surface area (Å²) in [4.78, 5) is 25.4. The Morgan fingerprint density at radius 2 is 1.86 bits per heavy atom. The van der Waals surface area contributed by atoms with E-state index in [2.05, 4.69) is 20.7 Å². The van der Waals surface area contributed by atoms with Crippen LogP contribution in [0, 0.1) is 6.92 Å². The maximum atomic E-state index is 12.3. The molecule has 0 aliphatic carbocycles. The first-order valence-electron chi connectivity index (χ1n) is 8.58. The highest BCUT2D eigenvalue weighted by molar-refractivity contribution is 5.97. The summed E-state index contributed by atoms with van der Waals surface area (Å²) >= 11 is 0. The van der Waals surface area contributed by atoms with Gasteiger partial charge in [-0.05, 0) is 17.7 Å². The fraction of sp³-hybridized carbons (Fsp3) is 0.150. The van der Waals surface area contributed by atoms with E-state index in [-0.39, 0.29) is 24.0 Å². The van der Waals surface area contributed by atoms with Crippen LogP contribution >= 0.6 is 0 Å². The molecule has 0 saturated heterocycles. The number of aromatic nitrogens is 3. The zero-order valence-corrected chi connectivity index (χ0v) is 15.5. The van der Waals surface area contributed by atoms with Gasteiger partial charge in [0.15, 0.2) is 12.4 Å². The maximum absolute atomic E-state index is 12.3. The van der Waals surface area contributed by atoms with E-state index in [9.17, 15) is 9.59 Å². The van der Waals surface area contributed by atoms with E-state index in [4.69, 9.17) is 4.74 Å². The van der Waals surface area contributed by atoms with Crippen LogP contribution in [-0.2, 0) is 0 Å². The average Bonchev–Trinajstić information content (AvgIpc) is 3.14. The van der Waals surface area contributed by atoms with Crippen LogP contribution in [0.4, 0.5) is 0 Å². The molecule has 0 aliphatic rings. The van der Waals surface area contributed by atoms with E-state index in [0.717, 1.165) is 15.9 Å². The lowest BCUT2D eigenvalue weighted by Crippen LogP contribution is -2.21. The standard InChI is InChI=1S/C20H19N5O3/c1-14-8-10-15(11-9-14)12-22-25-20(18(23-24-25)19(27)21-2)28-13-17(26)16-6-4-3-5-7-16/h3-12H,13H2,1-2H3,(H,21,27)/b22-12+. The summed E-state index contributed by atoms with van der Waals surface area (Å²) < 4.78 is 5.57. The lowest BCUT2D eigenvalue weighted by Gasteiger charge is -2.06. The first-order chi connectivity index (χ1) is 13.6. The van der Waals surface area contributed by atoms with Crippen molar-refractivity contribution in [1.29, 1.82) is 0 Å². The quantitative estimate of drug-likeness (QED) is 0.502. The topological polar surface area (TPSA) is 98.5 Å². The van der Waals surface area contributed by atoms with Crippen molar-refractivity contribution in [2.75, 3.05) is 13.7 Å². The molecule has 0 bridgehead atoms. The van der Waals surface area contributed by atoms with E-state index in [1.165, 1.54) is 7.05 Å². The molecule has 0 spiro atoms. The molecule has 8 heteroatoms. The van der Waals surface area contributed by atoms with Crippen molar-refractivity contribution in [3.8, 4) is 5.88 Å². The lowest BCUT2D eigenvalue weighted by atomic mass is 10.1. The number of amides is 1. The van der Waals surface area contributed by atoms with Gasteiger partial charge in [-0.15, -0.1) is 5.10 Å². The molecular formula is C20H19N5O3. The fourth-order valence-corrected chi connectivity index (χ4v) is 2.34. The highest BCUT2D eigenvalue weighted by atomic mass is 16.5. The molecule has 1 N–H and O–H groups in total. The third-order valence-electron chi connectivity index (χ3n) is 3.89. The first kappa shape index (κ1) is 19.0. The average molecular weight is 377 g/mol. The molecule has 1 amide bonds. The van der Waals surface area contributed by atoms with Crippen LogP contribution in [0.5, 0.6) is 5.88 Å². The number of ketones is 1. The van der Waals surface area contributed by atoms with E-state index in [1.807, 2.05) is 37.3 Å². The van der Waals surface area contributed by atoms with Crippen LogP contribution in [0.25, 0.3) is 0 Å². The smallest absolute Gasteiger partial charge is 0.277 e. The number of carbonyl (C=O) groups excluding carboxylic acids is 2. The van der Waals surface area contributed by atoms with Crippen molar-refractivity contribution in [3.05, 3.63) is 77.0 Å². The van der Waals surface area contributed by atoms with Gasteiger partial charge in [0.25, 0.3) is 11.8 Å². The molecular weight excluding hydrogens is 358 g/mol. The molecule has 3 rings (SSSR count). The lowest BCUT2D eigenvalue weighted by molar-refractivity contribution is 0.0898. The Balaban J connectivity index is 1.82. The van der Waals surface area contributed by atoms with Gasteiger partial charge in [-0.3, -0.25) is 9.59 Å². The Kier molecular flexibility index (Phi) is 5.91. The summed E-state index contributed by atoms with van der Waals surface area (Å²) in [5, 5.41) is 14.3. The van der Waals surface area contributed by atoms with Gasteiger partial charge in [-0.25, -0.2) is 0 Å². The molecule has 142 valence electrons. The largest absolute Gasteiger partial charge is 0.466 e. The molecule has 0 saturated carbocycles. The number of rotatable bonds is 7. The summed E-state index contributed by atoms with van der Waals surface area (Å²) in [7, 11) is 1.47. The minimum absolute atomic E-state index is 0.00741. The van der Waals surface area contributed by atoms with Gasteiger partial charge < -0.3 is 10.1 Å². The second-order valence-electron chi connectivity index (χ2n) is 5.94. The highest BCUT2D eigenvalue weighted by Gasteiger charge is 2.21. The van der Waals surface area contributed by atoms with Crippen LogP contribution < -0.4 is 10.1 Å². The fourth-order valence-electron chi connectivity index (χ4n) is 2.34. The molecule has 1 aromatic heterocycles. The monoisotopic (exact) mass is 377 g/mol. The van der Waals surface area contributed by atoms with Crippen molar-refractivity contribution in [2.24, 2.45) is 5.10 Å². The minimum Gasteiger partial charge on any atom is -0.466 e. The second kappa shape index (κ2) is 8.72. The van der Waals surface area contributed by atoms with Gasteiger partial charge in [0.1, 0.15) is 0 Å². The number of carbonyl (C=O) groups is 2. The van der Waals surface area contributed by atoms with E-state index >= 15 is 0 Å². The van der Waals surface area contributed by atoms with Gasteiger partial charge in [0.2, 0.25) is 5.69 Å². The predicted octanol–water partition coefficient (Wildman–Crippen LogP) is 2.09. The van der Waals surface area contributed by atoms with Crippen molar-refractivity contribution in [1.82, 2.24) is 20.4 Å². The molecule has 3 aromatic rings. The Hall–Kier alpha value is -3.81. The van der Waals surface area contributed by atoms with Crippen molar-refractivity contribution in [2.45, 2.75) is 6.92 Å². The van der Waals surface area contributed by atoms with Gasteiger partial charge in [0.05, 0.1) is 6.21 Å². The zero-order chi connectivity index (χ0) is 19.9. The third kappa shape index (κ3) is 4.47. The van der Waals surface area contributed by atoms with Crippen LogP contribution in [0.3, 0.4) is 0 Å². The number of hydrogen-bond acceptors (Lipinski definition) is 6. The molecule has 0 radical (unpaired) electrons. The number of nitrogens with one attached hydrogen (secondary N) is 1. The highest BCUT2D eigenvalue weighted by Crippen LogP contribution is 2.16. The maximum Gasteiger partial charge on any atom is 0.277 e. The molecule has 8 nitrogen and oxygen atoms in total. The molecule has 28 heavy (non-hydrogen) atoms. The van der Waals surface area contributed by atoms with Crippen molar-refractivity contribution < 1.29 is 14.3 Å². The van der Waals surface area contributed by atoms with E-state index in [1.54, 1.807) is 30.5 Å².